The van der Waals surface area contributed by atoms with Crippen LogP contribution < -0.4 is 5.32 Å². The first-order chi connectivity index (χ1) is 6.86. The number of anilines is 1. The van der Waals surface area contributed by atoms with Gasteiger partial charge in [-0.05, 0) is 6.07 Å². The summed E-state index contributed by atoms with van der Waals surface area (Å²) in [6, 6.07) is 1.78. The maximum atomic E-state index is 5.88. The highest BCUT2D eigenvalue weighted by molar-refractivity contribution is 6.33. The summed E-state index contributed by atoms with van der Waals surface area (Å²) in [5, 5.41) is 17.0. The minimum Gasteiger partial charge on any atom is -0.376 e. The van der Waals surface area contributed by atoms with Gasteiger partial charge >= 0.3 is 0 Å². The van der Waals surface area contributed by atoms with E-state index >= 15 is 0 Å². The predicted octanol–water partition coefficient (Wildman–Crippen LogP) is 0.860. The van der Waals surface area contributed by atoms with Crippen molar-refractivity contribution in [2.75, 3.05) is 5.32 Å². The number of aromatic nitrogens is 5. The molecule has 0 aromatic carbocycles. The van der Waals surface area contributed by atoms with Crippen LogP contribution in [-0.2, 0) is 6.54 Å². The number of H-pyrrole nitrogens is 1. The molecule has 2 aromatic heterocycles. The van der Waals surface area contributed by atoms with Crippen LogP contribution in [0.2, 0.25) is 5.02 Å². The van der Waals surface area contributed by atoms with E-state index in [1.54, 1.807) is 18.5 Å². The number of nitrogens with zero attached hydrogens (tertiary/aromatic N) is 4. The molecule has 14 heavy (non-hydrogen) atoms. The molecule has 72 valence electrons. The highest BCUT2D eigenvalue weighted by Gasteiger charge is 2.00. The topological polar surface area (TPSA) is 79.4 Å². The number of halogens is 1. The van der Waals surface area contributed by atoms with Crippen molar-refractivity contribution in [3.05, 3.63) is 29.3 Å². The Morgan fingerprint density at radius 3 is 3.14 bits per heavy atom. The van der Waals surface area contributed by atoms with E-state index < -0.39 is 0 Å². The number of aromatic amines is 1. The third-order valence-corrected chi connectivity index (χ3v) is 1.90. The Bertz CT molecular complexity index is 400. The molecule has 0 radical (unpaired) electrons. The molecule has 0 amide bonds. The summed E-state index contributed by atoms with van der Waals surface area (Å²) in [6.07, 6.45) is 3.23. The van der Waals surface area contributed by atoms with E-state index in [9.17, 15) is 0 Å². The van der Waals surface area contributed by atoms with Crippen molar-refractivity contribution in [3.63, 3.8) is 0 Å². The van der Waals surface area contributed by atoms with Gasteiger partial charge in [0.2, 0.25) is 0 Å². The van der Waals surface area contributed by atoms with Gasteiger partial charge < -0.3 is 5.32 Å². The van der Waals surface area contributed by atoms with Crippen LogP contribution in [0.1, 0.15) is 5.82 Å². The van der Waals surface area contributed by atoms with Gasteiger partial charge in [-0.2, -0.15) is 5.21 Å². The second-order valence-electron chi connectivity index (χ2n) is 2.54. The number of nitrogens with one attached hydrogen (secondary N) is 2. The summed E-state index contributed by atoms with van der Waals surface area (Å²) in [7, 11) is 0. The summed E-state index contributed by atoms with van der Waals surface area (Å²) in [4.78, 5) is 3.87. The summed E-state index contributed by atoms with van der Waals surface area (Å²) < 4.78 is 0. The van der Waals surface area contributed by atoms with Crippen molar-refractivity contribution in [1.82, 2.24) is 25.6 Å². The first-order valence-corrected chi connectivity index (χ1v) is 4.30. The van der Waals surface area contributed by atoms with E-state index in [4.69, 9.17) is 11.6 Å². The first-order valence-electron chi connectivity index (χ1n) is 3.92. The Morgan fingerprint density at radius 2 is 2.43 bits per heavy atom. The van der Waals surface area contributed by atoms with Crippen LogP contribution in [-0.4, -0.2) is 25.6 Å². The molecule has 7 heteroatoms. The van der Waals surface area contributed by atoms with Crippen LogP contribution in [0.25, 0.3) is 0 Å². The largest absolute Gasteiger partial charge is 0.376 e. The van der Waals surface area contributed by atoms with Gasteiger partial charge in [0.1, 0.15) is 0 Å². The lowest BCUT2D eigenvalue weighted by Crippen LogP contribution is -2.01. The number of tetrazole rings is 1. The van der Waals surface area contributed by atoms with Gasteiger partial charge in [-0.25, -0.2) is 0 Å². The average Bonchev–Trinajstić information content (AvgIpc) is 2.69. The van der Waals surface area contributed by atoms with E-state index in [0.29, 0.717) is 17.4 Å². The van der Waals surface area contributed by atoms with E-state index in [1.807, 2.05) is 0 Å². The van der Waals surface area contributed by atoms with Crippen molar-refractivity contribution in [1.29, 1.82) is 0 Å². The molecule has 0 fully saturated rings. The number of rotatable bonds is 3. The minimum atomic E-state index is 0.472. The highest BCUT2D eigenvalue weighted by atomic mass is 35.5. The van der Waals surface area contributed by atoms with Crippen LogP contribution in [0.5, 0.6) is 0 Å². The fourth-order valence-electron chi connectivity index (χ4n) is 0.950. The quantitative estimate of drug-likeness (QED) is 0.786. The normalized spacial score (nSPS) is 10.1. The predicted molar refractivity (Wildman–Crippen MR) is 50.8 cm³/mol. The van der Waals surface area contributed by atoms with Crippen molar-refractivity contribution in [2.24, 2.45) is 0 Å². The maximum absolute atomic E-state index is 5.88. The van der Waals surface area contributed by atoms with E-state index in [1.165, 1.54) is 0 Å². The number of pyridine rings is 1. The third-order valence-electron chi connectivity index (χ3n) is 1.60. The van der Waals surface area contributed by atoms with Gasteiger partial charge in [0.25, 0.3) is 0 Å². The van der Waals surface area contributed by atoms with Crippen LogP contribution in [0.15, 0.2) is 18.5 Å². The summed E-state index contributed by atoms with van der Waals surface area (Å²) in [6.45, 7) is 0.472. The van der Waals surface area contributed by atoms with Crippen molar-refractivity contribution in [2.45, 2.75) is 6.54 Å². The lowest BCUT2D eigenvalue weighted by atomic mass is 10.4. The Labute approximate surface area is 84.7 Å². The molecular formula is C7H7ClN6. The zero-order valence-corrected chi connectivity index (χ0v) is 7.86. The monoisotopic (exact) mass is 210 g/mol. The third kappa shape index (κ3) is 1.97. The first kappa shape index (κ1) is 8.89. The van der Waals surface area contributed by atoms with Gasteiger partial charge in [-0.3, -0.25) is 4.98 Å². The molecule has 0 atom stereocenters. The van der Waals surface area contributed by atoms with Gasteiger partial charge in [0.15, 0.2) is 5.82 Å². The molecule has 0 aliphatic heterocycles. The molecule has 2 rings (SSSR count). The molecule has 0 bridgehead atoms. The SMILES string of the molecule is Clc1cnccc1NCc1nn[nH]n1. The Balaban J connectivity index is 2.02. The fraction of sp³-hybridized carbons (Fsp3) is 0.143. The molecule has 0 unspecified atom stereocenters. The van der Waals surface area contributed by atoms with Gasteiger partial charge in [0, 0.05) is 12.4 Å². The van der Waals surface area contributed by atoms with Crippen LogP contribution >= 0.6 is 11.6 Å². The standard InChI is InChI=1S/C7H7ClN6/c8-5-3-9-2-1-6(5)10-4-7-11-13-14-12-7/h1-3H,4H2,(H,9,10)(H,11,12,13,14). The highest BCUT2D eigenvalue weighted by Crippen LogP contribution is 2.19. The molecule has 0 saturated carbocycles. The second-order valence-corrected chi connectivity index (χ2v) is 2.94. The van der Waals surface area contributed by atoms with E-state index in [0.717, 1.165) is 5.69 Å². The molecule has 2 heterocycles. The molecule has 6 nitrogen and oxygen atoms in total. The minimum absolute atomic E-state index is 0.472. The molecule has 0 aliphatic rings. The van der Waals surface area contributed by atoms with Crippen molar-refractivity contribution >= 4 is 17.3 Å². The van der Waals surface area contributed by atoms with Gasteiger partial charge in [0.05, 0.1) is 17.3 Å². The Hall–Kier alpha value is -1.69. The van der Waals surface area contributed by atoms with E-state index in [-0.39, 0.29) is 0 Å². The maximum Gasteiger partial charge on any atom is 0.193 e. The van der Waals surface area contributed by atoms with Gasteiger partial charge in [-0.15, -0.1) is 10.2 Å². The van der Waals surface area contributed by atoms with Crippen molar-refractivity contribution < 1.29 is 0 Å². The second kappa shape index (κ2) is 4.01. The zero-order valence-electron chi connectivity index (χ0n) is 7.11. The van der Waals surface area contributed by atoms with Crippen molar-refractivity contribution in [3.8, 4) is 0 Å². The molecule has 2 N–H and O–H groups in total. The molecule has 2 aromatic rings. The zero-order chi connectivity index (χ0) is 9.80. The Kier molecular flexibility index (Phi) is 2.55. The summed E-state index contributed by atoms with van der Waals surface area (Å²) in [5.41, 5.74) is 0.798. The molecule has 0 spiro atoms. The average molecular weight is 211 g/mol. The smallest absolute Gasteiger partial charge is 0.193 e. The lowest BCUT2D eigenvalue weighted by Gasteiger charge is -2.03. The summed E-state index contributed by atoms with van der Waals surface area (Å²) in [5.74, 6) is 0.581. The van der Waals surface area contributed by atoms with Crippen LogP contribution in [0.4, 0.5) is 5.69 Å². The van der Waals surface area contributed by atoms with Crippen LogP contribution in [0.3, 0.4) is 0 Å². The van der Waals surface area contributed by atoms with E-state index in [2.05, 4.69) is 30.9 Å². The molecule has 0 aliphatic carbocycles. The molecule has 0 saturated heterocycles. The number of hydrogen-bond acceptors (Lipinski definition) is 5. The Morgan fingerprint density at radius 1 is 1.50 bits per heavy atom. The number of hydrogen-bond donors (Lipinski definition) is 2. The van der Waals surface area contributed by atoms with Crippen LogP contribution in [0, 0.1) is 0 Å². The lowest BCUT2D eigenvalue weighted by molar-refractivity contribution is 0.881. The summed E-state index contributed by atoms with van der Waals surface area (Å²) >= 11 is 5.88. The van der Waals surface area contributed by atoms with Gasteiger partial charge in [-0.1, -0.05) is 16.8 Å². The molecular weight excluding hydrogens is 204 g/mol. The fourth-order valence-corrected chi connectivity index (χ4v) is 1.14.